The summed E-state index contributed by atoms with van der Waals surface area (Å²) in [6, 6.07) is 11.3. The molecule has 3 aromatic rings. The Labute approximate surface area is 136 Å². The van der Waals surface area contributed by atoms with Gasteiger partial charge >= 0.3 is 5.97 Å². The van der Waals surface area contributed by atoms with Crippen molar-refractivity contribution >= 4 is 17.0 Å². The summed E-state index contributed by atoms with van der Waals surface area (Å²) in [5.41, 5.74) is 1.68. The fourth-order valence-electron chi connectivity index (χ4n) is 2.09. The van der Waals surface area contributed by atoms with Crippen LogP contribution in [0.15, 0.2) is 42.5 Å². The van der Waals surface area contributed by atoms with Gasteiger partial charge in [0.2, 0.25) is 0 Å². The van der Waals surface area contributed by atoms with E-state index in [1.165, 1.54) is 23.0 Å². The minimum Gasteiger partial charge on any atom is -0.506 e. The van der Waals surface area contributed by atoms with Crippen molar-refractivity contribution in [2.24, 2.45) is 0 Å². The minimum atomic E-state index is -1.14. The molecule has 0 amide bonds. The van der Waals surface area contributed by atoms with E-state index in [4.69, 9.17) is 9.84 Å². The van der Waals surface area contributed by atoms with E-state index in [1.807, 2.05) is 12.1 Å². The number of esters is 1. The number of ether oxygens (including phenoxy) is 1. The van der Waals surface area contributed by atoms with Gasteiger partial charge in [0.25, 0.3) is 0 Å². The molecule has 3 N–H and O–H groups in total. The predicted octanol–water partition coefficient (Wildman–Crippen LogP) is 0.636. The highest BCUT2D eigenvalue weighted by atomic mass is 16.5. The fraction of sp³-hybridized carbons (Fsp3) is 0.188. The number of nitrogens with zero attached hydrogens (tertiary/aromatic N) is 3. The van der Waals surface area contributed by atoms with Gasteiger partial charge in [-0.05, 0) is 30.3 Å². The van der Waals surface area contributed by atoms with Crippen LogP contribution in [0, 0.1) is 0 Å². The number of phenolic OH excluding ortho intramolecular Hbond substituents is 1. The molecule has 0 spiro atoms. The van der Waals surface area contributed by atoms with Crippen molar-refractivity contribution in [1.29, 1.82) is 0 Å². The zero-order valence-electron chi connectivity index (χ0n) is 12.5. The Morgan fingerprint density at radius 2 is 1.83 bits per heavy atom. The number of phenols is 1. The van der Waals surface area contributed by atoms with Gasteiger partial charge < -0.3 is 20.1 Å². The SMILES string of the molecule is O=C(OCC(O)CO)c1ccc(O)c(-n2nc3ccccc3n2)c1. The Morgan fingerprint density at radius 1 is 1.17 bits per heavy atom. The van der Waals surface area contributed by atoms with Gasteiger partial charge in [-0.3, -0.25) is 0 Å². The van der Waals surface area contributed by atoms with E-state index in [2.05, 4.69) is 10.2 Å². The quantitative estimate of drug-likeness (QED) is 0.588. The molecule has 0 aliphatic rings. The molecule has 1 atom stereocenters. The summed E-state index contributed by atoms with van der Waals surface area (Å²) in [6.07, 6.45) is -1.14. The lowest BCUT2D eigenvalue weighted by atomic mass is 10.2. The zero-order chi connectivity index (χ0) is 17.1. The number of aromatic nitrogens is 3. The first kappa shape index (κ1) is 15.9. The lowest BCUT2D eigenvalue weighted by molar-refractivity contribution is 0.00933. The molecule has 2 aromatic carbocycles. The number of aliphatic hydroxyl groups is 2. The highest BCUT2D eigenvalue weighted by Crippen LogP contribution is 2.23. The highest BCUT2D eigenvalue weighted by molar-refractivity contribution is 5.90. The molecule has 24 heavy (non-hydrogen) atoms. The molecular formula is C16H15N3O5. The lowest BCUT2D eigenvalue weighted by Gasteiger charge is -2.09. The van der Waals surface area contributed by atoms with Crippen LogP contribution in [0.4, 0.5) is 0 Å². The Hall–Kier alpha value is -2.97. The first-order valence-electron chi connectivity index (χ1n) is 7.20. The molecule has 0 saturated heterocycles. The van der Waals surface area contributed by atoms with E-state index < -0.39 is 18.7 Å². The van der Waals surface area contributed by atoms with Crippen LogP contribution in [0.3, 0.4) is 0 Å². The van der Waals surface area contributed by atoms with Crippen molar-refractivity contribution < 1.29 is 24.9 Å². The molecule has 124 valence electrons. The van der Waals surface area contributed by atoms with Gasteiger partial charge in [0.1, 0.15) is 35.2 Å². The summed E-state index contributed by atoms with van der Waals surface area (Å²) in [4.78, 5) is 13.2. The maximum Gasteiger partial charge on any atom is 0.338 e. The summed E-state index contributed by atoms with van der Waals surface area (Å²) < 4.78 is 4.89. The molecule has 1 aromatic heterocycles. The monoisotopic (exact) mass is 329 g/mol. The van der Waals surface area contributed by atoms with Crippen molar-refractivity contribution in [2.75, 3.05) is 13.2 Å². The average Bonchev–Trinajstić information content (AvgIpc) is 3.03. The van der Waals surface area contributed by atoms with E-state index in [1.54, 1.807) is 12.1 Å². The first-order valence-corrected chi connectivity index (χ1v) is 7.20. The molecule has 0 aliphatic carbocycles. The largest absolute Gasteiger partial charge is 0.506 e. The standard InChI is InChI=1S/C16H15N3O5/c20-8-11(21)9-24-16(23)10-5-6-15(22)14(7-10)19-17-12-3-1-2-4-13(12)18-19/h1-7,11,20-22H,8-9H2. The maximum absolute atomic E-state index is 12.0. The molecule has 0 aliphatic heterocycles. The number of aromatic hydroxyl groups is 1. The molecule has 1 unspecified atom stereocenters. The number of benzene rings is 2. The fourth-order valence-corrected chi connectivity index (χ4v) is 2.09. The minimum absolute atomic E-state index is 0.0951. The Balaban J connectivity index is 1.90. The topological polar surface area (TPSA) is 118 Å². The summed E-state index contributed by atoms with van der Waals surface area (Å²) >= 11 is 0. The van der Waals surface area contributed by atoms with Crippen LogP contribution < -0.4 is 0 Å². The van der Waals surface area contributed by atoms with Crippen LogP contribution in [0.2, 0.25) is 0 Å². The van der Waals surface area contributed by atoms with Crippen LogP contribution in [0.1, 0.15) is 10.4 Å². The van der Waals surface area contributed by atoms with E-state index in [9.17, 15) is 15.0 Å². The van der Waals surface area contributed by atoms with Gasteiger partial charge in [0.15, 0.2) is 0 Å². The number of hydrogen-bond donors (Lipinski definition) is 3. The third-order valence-electron chi connectivity index (χ3n) is 3.33. The second-order valence-corrected chi connectivity index (χ2v) is 5.12. The molecule has 8 nitrogen and oxygen atoms in total. The Kier molecular flexibility index (Phi) is 4.41. The van der Waals surface area contributed by atoms with E-state index in [0.29, 0.717) is 11.0 Å². The number of carbonyl (C=O) groups excluding carboxylic acids is 1. The number of rotatable bonds is 5. The Bertz CT molecular complexity index is 844. The van der Waals surface area contributed by atoms with Crippen LogP contribution in [0.5, 0.6) is 5.75 Å². The first-order chi connectivity index (χ1) is 11.6. The van der Waals surface area contributed by atoms with Crippen molar-refractivity contribution in [3.05, 3.63) is 48.0 Å². The number of hydrogen-bond acceptors (Lipinski definition) is 7. The smallest absolute Gasteiger partial charge is 0.338 e. The lowest BCUT2D eigenvalue weighted by Crippen LogP contribution is -2.22. The number of carbonyl (C=O) groups is 1. The Morgan fingerprint density at radius 3 is 2.46 bits per heavy atom. The molecular weight excluding hydrogens is 314 g/mol. The normalized spacial score (nSPS) is 12.2. The summed E-state index contributed by atoms with van der Waals surface area (Å²) in [6.45, 7) is -0.826. The van der Waals surface area contributed by atoms with Gasteiger partial charge in [-0.2, -0.15) is 0 Å². The highest BCUT2D eigenvalue weighted by Gasteiger charge is 2.15. The summed E-state index contributed by atoms with van der Waals surface area (Å²) in [5, 5.41) is 36.5. The van der Waals surface area contributed by atoms with Crippen molar-refractivity contribution in [3.8, 4) is 11.4 Å². The zero-order valence-corrected chi connectivity index (χ0v) is 12.5. The van der Waals surface area contributed by atoms with Crippen LogP contribution >= 0.6 is 0 Å². The second-order valence-electron chi connectivity index (χ2n) is 5.12. The molecule has 3 rings (SSSR count). The molecule has 0 fully saturated rings. The van der Waals surface area contributed by atoms with Crippen LogP contribution in [-0.2, 0) is 4.74 Å². The van der Waals surface area contributed by atoms with Gasteiger partial charge in [0, 0.05) is 0 Å². The number of fused-ring (bicyclic) bond motifs is 1. The number of aliphatic hydroxyl groups excluding tert-OH is 2. The van der Waals surface area contributed by atoms with Gasteiger partial charge in [-0.25, -0.2) is 4.79 Å². The molecule has 1 heterocycles. The third kappa shape index (κ3) is 3.19. The van der Waals surface area contributed by atoms with Crippen molar-refractivity contribution in [2.45, 2.75) is 6.10 Å². The van der Waals surface area contributed by atoms with E-state index >= 15 is 0 Å². The van der Waals surface area contributed by atoms with E-state index in [-0.39, 0.29) is 23.6 Å². The average molecular weight is 329 g/mol. The second kappa shape index (κ2) is 6.65. The summed E-state index contributed by atoms with van der Waals surface area (Å²) in [5.74, 6) is -0.789. The third-order valence-corrected chi connectivity index (χ3v) is 3.33. The van der Waals surface area contributed by atoms with E-state index in [0.717, 1.165) is 0 Å². The molecule has 0 bridgehead atoms. The van der Waals surface area contributed by atoms with Gasteiger partial charge in [-0.1, -0.05) is 12.1 Å². The van der Waals surface area contributed by atoms with Crippen LogP contribution in [-0.4, -0.2) is 55.6 Å². The van der Waals surface area contributed by atoms with Crippen LogP contribution in [0.25, 0.3) is 16.7 Å². The molecule has 8 heteroatoms. The molecule has 0 radical (unpaired) electrons. The van der Waals surface area contributed by atoms with Crippen molar-refractivity contribution in [3.63, 3.8) is 0 Å². The molecule has 0 saturated carbocycles. The van der Waals surface area contributed by atoms with Crippen molar-refractivity contribution in [1.82, 2.24) is 15.0 Å². The van der Waals surface area contributed by atoms with Gasteiger partial charge in [-0.15, -0.1) is 15.0 Å². The predicted molar refractivity (Wildman–Crippen MR) is 83.9 cm³/mol. The van der Waals surface area contributed by atoms with Gasteiger partial charge in [0.05, 0.1) is 12.2 Å². The summed E-state index contributed by atoms with van der Waals surface area (Å²) in [7, 11) is 0. The maximum atomic E-state index is 12.0.